The van der Waals surface area contributed by atoms with E-state index in [1.165, 1.54) is 10.9 Å². The lowest BCUT2D eigenvalue weighted by Crippen LogP contribution is -2.39. The van der Waals surface area contributed by atoms with Crippen molar-refractivity contribution in [2.24, 2.45) is 7.05 Å². The van der Waals surface area contributed by atoms with E-state index in [2.05, 4.69) is 15.2 Å². The number of pyridine rings is 1. The Balaban J connectivity index is 1.70. The monoisotopic (exact) mass is 407 g/mol. The lowest BCUT2D eigenvalue weighted by atomic mass is 9.91. The van der Waals surface area contributed by atoms with E-state index in [0.29, 0.717) is 37.1 Å². The molecule has 154 valence electrons. The molecule has 0 bridgehead atoms. The summed E-state index contributed by atoms with van der Waals surface area (Å²) in [7, 11) is 1.72. The molecule has 1 fully saturated rings. The number of hydrogen-bond acceptors (Lipinski definition) is 5. The lowest BCUT2D eigenvalue weighted by Gasteiger charge is -2.31. The van der Waals surface area contributed by atoms with Gasteiger partial charge < -0.3 is 9.42 Å². The normalized spacial score (nSPS) is 17.8. The summed E-state index contributed by atoms with van der Waals surface area (Å²) in [6.07, 6.45) is 0.181. The van der Waals surface area contributed by atoms with Gasteiger partial charge in [-0.2, -0.15) is 18.3 Å². The summed E-state index contributed by atoms with van der Waals surface area (Å²) in [5.74, 6) is -0.556. The summed E-state index contributed by atoms with van der Waals surface area (Å²) >= 11 is 0. The predicted molar refractivity (Wildman–Crippen MR) is 97.3 cm³/mol. The molecule has 1 atom stereocenters. The fraction of sp³-hybridized carbons (Fsp3) is 0.474. The van der Waals surface area contributed by atoms with Crippen LogP contribution in [0.15, 0.2) is 23.0 Å². The van der Waals surface area contributed by atoms with E-state index in [0.717, 1.165) is 6.07 Å². The molecule has 4 rings (SSSR count). The number of rotatable bonds is 3. The summed E-state index contributed by atoms with van der Waals surface area (Å²) in [5.41, 5.74) is 0.0628. The number of carbonyl (C=O) groups excluding carboxylic acids is 1. The van der Waals surface area contributed by atoms with Gasteiger partial charge in [0.05, 0.1) is 28.4 Å². The van der Waals surface area contributed by atoms with Crippen molar-refractivity contribution in [2.45, 2.75) is 38.3 Å². The number of alkyl halides is 3. The number of hydrogen-bond donors (Lipinski definition) is 0. The summed E-state index contributed by atoms with van der Waals surface area (Å²) < 4.78 is 47.9. The molecule has 0 radical (unpaired) electrons. The van der Waals surface area contributed by atoms with Crippen LogP contribution in [-0.2, 0) is 19.6 Å². The molecule has 1 saturated heterocycles. The number of aryl methyl sites for hydroxylation is 2. The molecule has 0 aliphatic carbocycles. The second-order valence-corrected chi connectivity index (χ2v) is 7.25. The fourth-order valence-corrected chi connectivity index (χ4v) is 3.81. The maximum Gasteiger partial charge on any atom is 0.417 e. The van der Waals surface area contributed by atoms with E-state index >= 15 is 0 Å². The average Bonchev–Trinajstić information content (AvgIpc) is 3.32. The van der Waals surface area contributed by atoms with E-state index in [1.807, 2.05) is 0 Å². The lowest BCUT2D eigenvalue weighted by molar-refractivity contribution is -0.136. The van der Waals surface area contributed by atoms with Crippen molar-refractivity contribution in [3.8, 4) is 0 Å². The average molecular weight is 407 g/mol. The number of aromatic nitrogens is 4. The molecule has 3 aromatic heterocycles. The fourth-order valence-electron chi connectivity index (χ4n) is 3.81. The highest BCUT2D eigenvalue weighted by atomic mass is 19.4. The van der Waals surface area contributed by atoms with Crippen LogP contribution in [0.4, 0.5) is 13.2 Å². The Hall–Kier alpha value is -2.91. The molecular weight excluding hydrogens is 387 g/mol. The van der Waals surface area contributed by atoms with Gasteiger partial charge >= 0.3 is 6.18 Å². The molecule has 0 spiro atoms. The van der Waals surface area contributed by atoms with Gasteiger partial charge in [-0.25, -0.2) is 4.98 Å². The van der Waals surface area contributed by atoms with Crippen molar-refractivity contribution < 1.29 is 22.5 Å². The Morgan fingerprint density at radius 1 is 1.38 bits per heavy atom. The van der Waals surface area contributed by atoms with Gasteiger partial charge in [0, 0.05) is 37.9 Å². The Bertz CT molecular complexity index is 1060. The van der Waals surface area contributed by atoms with Gasteiger partial charge in [0.2, 0.25) is 0 Å². The van der Waals surface area contributed by atoms with Crippen molar-refractivity contribution in [2.75, 3.05) is 13.1 Å². The van der Waals surface area contributed by atoms with Crippen LogP contribution in [0, 0.1) is 0 Å². The van der Waals surface area contributed by atoms with Crippen LogP contribution in [0.5, 0.6) is 0 Å². The van der Waals surface area contributed by atoms with Crippen LogP contribution in [-0.4, -0.2) is 43.8 Å². The third-order valence-electron chi connectivity index (χ3n) is 5.24. The summed E-state index contributed by atoms with van der Waals surface area (Å²) in [6.45, 7) is 2.53. The minimum atomic E-state index is -4.55. The molecule has 4 heterocycles. The number of piperidine rings is 1. The van der Waals surface area contributed by atoms with Gasteiger partial charge in [-0.15, -0.1) is 0 Å². The van der Waals surface area contributed by atoms with Gasteiger partial charge in [-0.1, -0.05) is 12.1 Å². The van der Waals surface area contributed by atoms with Crippen molar-refractivity contribution in [1.29, 1.82) is 0 Å². The highest BCUT2D eigenvalue weighted by molar-refractivity contribution is 5.94. The molecule has 29 heavy (non-hydrogen) atoms. The zero-order valence-corrected chi connectivity index (χ0v) is 16.0. The number of fused-ring (bicyclic) bond motifs is 1. The highest BCUT2D eigenvalue weighted by Gasteiger charge is 2.38. The molecular formula is C19H20F3N5O2. The van der Waals surface area contributed by atoms with Crippen molar-refractivity contribution in [3.05, 3.63) is 41.0 Å². The number of nitrogens with zero attached hydrogens (tertiary/aromatic N) is 5. The molecule has 0 N–H and O–H groups in total. The molecule has 0 saturated carbocycles. The molecule has 10 heteroatoms. The van der Waals surface area contributed by atoms with Crippen LogP contribution in [0.1, 0.15) is 53.0 Å². The Labute approximate surface area is 164 Å². The molecule has 3 aromatic rings. The zero-order chi connectivity index (χ0) is 20.8. The molecule has 0 unspecified atom stereocenters. The highest BCUT2D eigenvalue weighted by Crippen LogP contribution is 2.40. The third kappa shape index (κ3) is 3.58. The summed E-state index contributed by atoms with van der Waals surface area (Å²) in [4.78, 5) is 18.5. The predicted octanol–water partition coefficient (Wildman–Crippen LogP) is 3.56. The number of carbonyl (C=O) groups is 1. The minimum Gasteiger partial charge on any atom is -0.338 e. The van der Waals surface area contributed by atoms with Crippen LogP contribution in [0.25, 0.3) is 11.1 Å². The first kappa shape index (κ1) is 19.4. The second kappa shape index (κ2) is 7.16. The van der Waals surface area contributed by atoms with Crippen LogP contribution in [0.3, 0.4) is 0 Å². The smallest absolute Gasteiger partial charge is 0.338 e. The van der Waals surface area contributed by atoms with Gasteiger partial charge in [0.25, 0.3) is 11.6 Å². The zero-order valence-electron chi connectivity index (χ0n) is 16.0. The Morgan fingerprint density at radius 2 is 2.17 bits per heavy atom. The van der Waals surface area contributed by atoms with Gasteiger partial charge in [0.1, 0.15) is 0 Å². The van der Waals surface area contributed by atoms with Gasteiger partial charge in [-0.05, 0) is 25.3 Å². The quantitative estimate of drug-likeness (QED) is 0.664. The standard InChI is InChI=1S/C19H20F3N5O2/c1-3-13-7-14(19(20,21)22)15-16(25-29-17(15)24-13)11-5-4-6-27(10-11)18(28)12-8-23-26(2)9-12/h7-9,11H,3-6,10H2,1-2H3/t11-/m0/s1. The van der Waals surface area contributed by atoms with Crippen LogP contribution >= 0.6 is 0 Å². The topological polar surface area (TPSA) is 77.0 Å². The first-order chi connectivity index (χ1) is 13.8. The Kier molecular flexibility index (Phi) is 4.79. The minimum absolute atomic E-state index is 0.102. The molecule has 1 amide bonds. The number of amides is 1. The molecule has 0 aromatic carbocycles. The van der Waals surface area contributed by atoms with Gasteiger partial charge in [-0.3, -0.25) is 9.48 Å². The maximum absolute atomic E-state index is 13.7. The van der Waals surface area contributed by atoms with E-state index in [1.54, 1.807) is 25.1 Å². The first-order valence-corrected chi connectivity index (χ1v) is 9.42. The van der Waals surface area contributed by atoms with Gasteiger partial charge in [0.15, 0.2) is 0 Å². The third-order valence-corrected chi connectivity index (χ3v) is 5.24. The SMILES string of the molecule is CCc1cc(C(F)(F)F)c2c([C@H]3CCCN(C(=O)c4cnn(C)c4)C3)noc2n1. The van der Waals surface area contributed by atoms with Crippen LogP contribution < -0.4 is 0 Å². The van der Waals surface area contributed by atoms with Crippen molar-refractivity contribution in [1.82, 2.24) is 24.8 Å². The van der Waals surface area contributed by atoms with E-state index in [9.17, 15) is 18.0 Å². The van der Waals surface area contributed by atoms with Crippen LogP contribution in [0.2, 0.25) is 0 Å². The largest absolute Gasteiger partial charge is 0.417 e. The van der Waals surface area contributed by atoms with E-state index in [-0.39, 0.29) is 35.2 Å². The maximum atomic E-state index is 13.7. The number of halogens is 3. The van der Waals surface area contributed by atoms with Crippen molar-refractivity contribution >= 4 is 17.0 Å². The second-order valence-electron chi connectivity index (χ2n) is 7.25. The van der Waals surface area contributed by atoms with E-state index < -0.39 is 11.7 Å². The number of likely N-dealkylation sites (tertiary alicyclic amines) is 1. The van der Waals surface area contributed by atoms with Crippen molar-refractivity contribution in [3.63, 3.8) is 0 Å². The first-order valence-electron chi connectivity index (χ1n) is 9.42. The molecule has 1 aliphatic heterocycles. The summed E-state index contributed by atoms with van der Waals surface area (Å²) in [5, 5.41) is 7.85. The summed E-state index contributed by atoms with van der Waals surface area (Å²) in [6, 6.07) is 1.06. The molecule has 1 aliphatic rings. The molecule has 7 nitrogen and oxygen atoms in total. The van der Waals surface area contributed by atoms with E-state index in [4.69, 9.17) is 4.52 Å². The Morgan fingerprint density at radius 3 is 2.83 bits per heavy atom.